The van der Waals surface area contributed by atoms with Crippen LogP contribution in [-0.4, -0.2) is 21.4 Å². The third kappa shape index (κ3) is 3.22. The van der Waals surface area contributed by atoms with Crippen LogP contribution in [0.4, 0.5) is 5.69 Å². The number of hydrogen-bond acceptors (Lipinski definition) is 5. The van der Waals surface area contributed by atoms with Gasteiger partial charge in [-0.05, 0) is 68.9 Å². The maximum absolute atomic E-state index is 6.84. The van der Waals surface area contributed by atoms with Crippen LogP contribution in [0.5, 0.6) is 0 Å². The highest BCUT2D eigenvalue weighted by atomic mass is 15.5. The summed E-state index contributed by atoms with van der Waals surface area (Å²) in [6.45, 7) is 4.21. The Morgan fingerprint density at radius 1 is 1.15 bits per heavy atom. The van der Waals surface area contributed by atoms with Crippen LogP contribution >= 0.6 is 0 Å². The summed E-state index contributed by atoms with van der Waals surface area (Å²) in [5.41, 5.74) is 20.2. The van der Waals surface area contributed by atoms with E-state index in [0.29, 0.717) is 12.0 Å². The zero-order valence-electron chi connectivity index (χ0n) is 15.5. The van der Waals surface area contributed by atoms with Gasteiger partial charge in [-0.3, -0.25) is 0 Å². The lowest BCUT2D eigenvalue weighted by atomic mass is 9.78. The fraction of sp³-hybridized carbons (Fsp3) is 0.450. The highest BCUT2D eigenvalue weighted by Gasteiger charge is 2.39. The van der Waals surface area contributed by atoms with Gasteiger partial charge in [0.2, 0.25) is 0 Å². The lowest BCUT2D eigenvalue weighted by Crippen LogP contribution is -2.58. The van der Waals surface area contributed by atoms with Gasteiger partial charge >= 0.3 is 0 Å². The van der Waals surface area contributed by atoms with E-state index in [-0.39, 0.29) is 0 Å². The molecule has 1 aromatic heterocycles. The monoisotopic (exact) mass is 352 g/mol. The summed E-state index contributed by atoms with van der Waals surface area (Å²) >= 11 is 0. The van der Waals surface area contributed by atoms with Crippen molar-refractivity contribution in [2.75, 3.05) is 10.7 Å². The quantitative estimate of drug-likeness (QED) is 0.681. The van der Waals surface area contributed by atoms with Gasteiger partial charge in [-0.2, -0.15) is 0 Å². The third-order valence-corrected chi connectivity index (χ3v) is 5.53. The summed E-state index contributed by atoms with van der Waals surface area (Å²) in [6.07, 6.45) is 9.92. The Labute approximate surface area is 154 Å². The Morgan fingerprint density at radius 3 is 2.54 bits per heavy atom. The van der Waals surface area contributed by atoms with Gasteiger partial charge in [0.15, 0.2) is 5.82 Å². The highest BCUT2D eigenvalue weighted by molar-refractivity contribution is 5.76. The molecule has 6 N–H and O–H groups in total. The first-order valence-corrected chi connectivity index (χ1v) is 9.37. The van der Waals surface area contributed by atoms with Crippen LogP contribution in [-0.2, 0) is 0 Å². The largest absolute Gasteiger partial charge is 0.353 e. The average molecular weight is 352 g/mol. The van der Waals surface area contributed by atoms with Crippen molar-refractivity contribution in [3.05, 3.63) is 53.6 Å². The molecule has 2 heterocycles. The summed E-state index contributed by atoms with van der Waals surface area (Å²) in [7, 11) is 0. The molecule has 6 nitrogen and oxygen atoms in total. The molecule has 0 spiro atoms. The summed E-state index contributed by atoms with van der Waals surface area (Å²) in [5, 5.41) is 3.54. The molecular weight excluding hydrogens is 324 g/mol. The van der Waals surface area contributed by atoms with Gasteiger partial charge in [-0.25, -0.2) is 9.66 Å². The fourth-order valence-electron chi connectivity index (χ4n) is 4.24. The molecule has 138 valence electrons. The Bertz CT molecular complexity index is 810. The fourth-order valence-corrected chi connectivity index (χ4v) is 4.24. The second-order valence-corrected chi connectivity index (χ2v) is 7.84. The molecule has 0 amide bonds. The first-order valence-electron chi connectivity index (χ1n) is 9.37. The second-order valence-electron chi connectivity index (χ2n) is 7.84. The number of aromatic nitrogens is 2. The van der Waals surface area contributed by atoms with Crippen LogP contribution in [0.15, 0.2) is 36.7 Å². The van der Waals surface area contributed by atoms with E-state index in [1.54, 1.807) is 6.20 Å². The van der Waals surface area contributed by atoms with Crippen LogP contribution in [0.1, 0.15) is 42.6 Å². The number of aryl methyl sites for hydroxylation is 2. The first kappa shape index (κ1) is 17.1. The van der Waals surface area contributed by atoms with E-state index in [2.05, 4.69) is 53.8 Å². The Kier molecular flexibility index (Phi) is 4.25. The lowest BCUT2D eigenvalue weighted by Gasteiger charge is -2.42. The van der Waals surface area contributed by atoms with E-state index in [9.17, 15) is 0 Å². The molecule has 2 aromatic rings. The highest BCUT2D eigenvalue weighted by Crippen LogP contribution is 2.35. The number of imidazole rings is 1. The van der Waals surface area contributed by atoms with Gasteiger partial charge in [0, 0.05) is 30.0 Å². The van der Waals surface area contributed by atoms with E-state index < -0.39 is 5.66 Å². The number of hydrogen-bond donors (Lipinski definition) is 4. The van der Waals surface area contributed by atoms with Crippen molar-refractivity contribution in [2.24, 2.45) is 17.4 Å². The number of benzene rings is 1. The molecule has 0 bridgehead atoms. The molecule has 2 aliphatic rings. The van der Waals surface area contributed by atoms with E-state index in [4.69, 9.17) is 11.5 Å². The molecule has 4 rings (SSSR count). The number of nitrogens with one attached hydrogen (secondary N) is 2. The van der Waals surface area contributed by atoms with E-state index in [1.807, 2.05) is 10.9 Å². The summed E-state index contributed by atoms with van der Waals surface area (Å²) in [6, 6.07) is 6.75. The minimum Gasteiger partial charge on any atom is -0.353 e. The number of nitrogens with zero attached hydrogens (tertiary/aromatic N) is 2. The van der Waals surface area contributed by atoms with Crippen molar-refractivity contribution >= 4 is 11.4 Å². The lowest BCUT2D eigenvalue weighted by molar-refractivity contribution is 0.239. The minimum absolute atomic E-state index is 0.305. The number of nitrogens with two attached hydrogens (primary N) is 2. The van der Waals surface area contributed by atoms with Crippen LogP contribution in [0, 0.1) is 19.8 Å². The minimum atomic E-state index is -0.616. The van der Waals surface area contributed by atoms with Gasteiger partial charge in [-0.15, -0.1) is 0 Å². The maximum Gasteiger partial charge on any atom is 0.174 e. The molecular formula is C20H28N6. The molecule has 1 aliphatic carbocycles. The van der Waals surface area contributed by atoms with Crippen LogP contribution < -0.4 is 22.2 Å². The molecule has 1 aromatic carbocycles. The predicted octanol–water partition coefficient (Wildman–Crippen LogP) is 2.68. The van der Waals surface area contributed by atoms with Gasteiger partial charge in [0.1, 0.15) is 5.66 Å². The SMILES string of the molecule is Cc1cc(C)cc(NC2=CC(N)(C3CCC(N)CC3)Nn3ccnc32)c1. The Morgan fingerprint density at radius 2 is 1.85 bits per heavy atom. The number of anilines is 1. The smallest absolute Gasteiger partial charge is 0.174 e. The van der Waals surface area contributed by atoms with Crippen molar-refractivity contribution in [3.8, 4) is 0 Å². The van der Waals surface area contributed by atoms with Crippen molar-refractivity contribution in [2.45, 2.75) is 51.2 Å². The summed E-state index contributed by atoms with van der Waals surface area (Å²) in [4.78, 5) is 4.50. The maximum atomic E-state index is 6.84. The second kappa shape index (κ2) is 6.45. The van der Waals surface area contributed by atoms with Gasteiger partial charge < -0.3 is 22.2 Å². The van der Waals surface area contributed by atoms with Gasteiger partial charge in [0.25, 0.3) is 0 Å². The number of rotatable bonds is 3. The van der Waals surface area contributed by atoms with Crippen LogP contribution in [0.2, 0.25) is 0 Å². The van der Waals surface area contributed by atoms with E-state index in [1.165, 1.54) is 11.1 Å². The van der Waals surface area contributed by atoms with E-state index in [0.717, 1.165) is 42.9 Å². The van der Waals surface area contributed by atoms with Gasteiger partial charge in [-0.1, -0.05) is 6.07 Å². The molecule has 1 aliphatic heterocycles. The summed E-state index contributed by atoms with van der Waals surface area (Å²) in [5.74, 6) is 1.19. The average Bonchev–Trinajstić information content (AvgIpc) is 3.02. The van der Waals surface area contributed by atoms with Crippen LogP contribution in [0.3, 0.4) is 0 Å². The standard InChI is InChI=1S/C20H28N6/c1-13-9-14(2)11-17(10-13)24-18-12-20(22,15-3-5-16(21)6-4-15)25-26-8-7-23-19(18)26/h7-12,15-16,24-25H,3-6,21-22H2,1-2H3. The Hall–Kier alpha value is -2.31. The molecule has 1 atom stereocenters. The molecule has 1 saturated carbocycles. The van der Waals surface area contributed by atoms with E-state index >= 15 is 0 Å². The molecule has 0 radical (unpaired) electrons. The van der Waals surface area contributed by atoms with Crippen LogP contribution in [0.25, 0.3) is 5.70 Å². The molecule has 6 heteroatoms. The van der Waals surface area contributed by atoms with Crippen molar-refractivity contribution in [1.82, 2.24) is 9.66 Å². The third-order valence-electron chi connectivity index (χ3n) is 5.53. The zero-order valence-corrected chi connectivity index (χ0v) is 15.5. The summed E-state index contributed by atoms with van der Waals surface area (Å²) < 4.78 is 1.93. The van der Waals surface area contributed by atoms with Crippen molar-refractivity contribution in [3.63, 3.8) is 0 Å². The topological polar surface area (TPSA) is 93.9 Å². The molecule has 1 fully saturated rings. The Balaban J connectivity index is 1.67. The van der Waals surface area contributed by atoms with Crippen molar-refractivity contribution < 1.29 is 0 Å². The predicted molar refractivity (Wildman–Crippen MR) is 106 cm³/mol. The molecule has 26 heavy (non-hydrogen) atoms. The first-order chi connectivity index (χ1) is 12.4. The van der Waals surface area contributed by atoms with Gasteiger partial charge in [0.05, 0.1) is 5.70 Å². The number of fused-ring (bicyclic) bond motifs is 1. The molecule has 0 saturated heterocycles. The zero-order chi connectivity index (χ0) is 18.3. The molecule has 1 unspecified atom stereocenters. The normalized spacial score (nSPS) is 28.1. The van der Waals surface area contributed by atoms with Crippen molar-refractivity contribution in [1.29, 1.82) is 0 Å².